The van der Waals surface area contributed by atoms with Crippen molar-refractivity contribution < 1.29 is 4.74 Å². The van der Waals surface area contributed by atoms with E-state index in [9.17, 15) is 0 Å². The molecule has 0 heterocycles. The van der Waals surface area contributed by atoms with Crippen molar-refractivity contribution in [3.63, 3.8) is 0 Å². The molecular formula is C12H16BrNO. The largest absolute Gasteiger partial charge is 0.488 e. The normalized spacial score (nSPS) is 10.0. The summed E-state index contributed by atoms with van der Waals surface area (Å²) in [4.78, 5) is 0. The Morgan fingerprint density at radius 3 is 2.60 bits per heavy atom. The molecule has 0 aliphatic rings. The van der Waals surface area contributed by atoms with Gasteiger partial charge in [-0.05, 0) is 24.2 Å². The quantitative estimate of drug-likeness (QED) is 0.857. The minimum atomic E-state index is 0.507. The first kappa shape index (κ1) is 12.3. The summed E-state index contributed by atoms with van der Waals surface area (Å²) < 4.78 is 6.31. The molecule has 1 N–H and O–H groups in total. The lowest BCUT2D eigenvalue weighted by molar-refractivity contribution is 0.361. The molecule has 0 spiro atoms. The topological polar surface area (TPSA) is 21.3 Å². The van der Waals surface area contributed by atoms with Crippen molar-refractivity contribution in [3.05, 3.63) is 40.9 Å². The molecule has 1 rings (SSSR count). The molecule has 15 heavy (non-hydrogen) atoms. The van der Waals surface area contributed by atoms with Crippen molar-refractivity contribution in [2.75, 3.05) is 13.2 Å². The molecule has 0 saturated carbocycles. The highest BCUT2D eigenvalue weighted by molar-refractivity contribution is 9.11. The minimum Gasteiger partial charge on any atom is -0.488 e. The monoisotopic (exact) mass is 269 g/mol. The Balaban J connectivity index is 2.45. The van der Waals surface area contributed by atoms with E-state index in [0.29, 0.717) is 6.61 Å². The van der Waals surface area contributed by atoms with Crippen molar-refractivity contribution >= 4 is 15.9 Å². The third-order valence-electron chi connectivity index (χ3n) is 1.90. The Morgan fingerprint density at radius 1 is 1.40 bits per heavy atom. The average Bonchev–Trinajstić information content (AvgIpc) is 2.25. The Morgan fingerprint density at radius 2 is 2.07 bits per heavy atom. The van der Waals surface area contributed by atoms with Crippen LogP contribution in [0.15, 0.2) is 35.3 Å². The highest BCUT2D eigenvalue weighted by Gasteiger charge is 1.95. The van der Waals surface area contributed by atoms with Gasteiger partial charge in [0.05, 0.1) is 0 Å². The summed E-state index contributed by atoms with van der Waals surface area (Å²) in [5.41, 5.74) is 1.27. The Bertz CT molecular complexity index is 308. The van der Waals surface area contributed by atoms with E-state index in [2.05, 4.69) is 46.9 Å². The molecule has 0 radical (unpaired) electrons. The zero-order valence-corrected chi connectivity index (χ0v) is 10.5. The minimum absolute atomic E-state index is 0.507. The predicted octanol–water partition coefficient (Wildman–Crippen LogP) is 3.08. The molecule has 3 heteroatoms. The third kappa shape index (κ3) is 5.00. The fourth-order valence-corrected chi connectivity index (χ4v) is 1.25. The average molecular weight is 270 g/mol. The summed E-state index contributed by atoms with van der Waals surface area (Å²) in [6.45, 7) is 8.21. The molecule has 0 unspecified atom stereocenters. The van der Waals surface area contributed by atoms with E-state index in [1.807, 2.05) is 12.1 Å². The second-order valence-electron chi connectivity index (χ2n) is 3.23. The fraction of sp³-hybridized carbons (Fsp3) is 0.333. The summed E-state index contributed by atoms with van der Waals surface area (Å²) in [5.74, 6) is 0.871. The highest BCUT2D eigenvalue weighted by atomic mass is 79.9. The summed E-state index contributed by atoms with van der Waals surface area (Å²) in [6, 6.07) is 8.08. The van der Waals surface area contributed by atoms with Crippen LogP contribution in [0.25, 0.3) is 0 Å². The van der Waals surface area contributed by atoms with Crippen LogP contribution in [-0.2, 0) is 6.54 Å². The zero-order chi connectivity index (χ0) is 11.1. The van der Waals surface area contributed by atoms with Gasteiger partial charge < -0.3 is 10.1 Å². The molecular weight excluding hydrogens is 254 g/mol. The first-order valence-corrected chi connectivity index (χ1v) is 5.77. The molecule has 0 aromatic heterocycles. The first-order chi connectivity index (χ1) is 7.22. The Labute approximate surface area is 99.5 Å². The van der Waals surface area contributed by atoms with Crippen LogP contribution in [-0.4, -0.2) is 13.2 Å². The lowest BCUT2D eigenvalue weighted by atomic mass is 10.2. The number of rotatable bonds is 6. The molecule has 2 nitrogen and oxygen atoms in total. The summed E-state index contributed by atoms with van der Waals surface area (Å²) in [6.07, 6.45) is 0. The van der Waals surface area contributed by atoms with E-state index in [0.717, 1.165) is 23.3 Å². The van der Waals surface area contributed by atoms with Gasteiger partial charge in [-0.15, -0.1) is 0 Å². The second kappa shape index (κ2) is 6.64. The van der Waals surface area contributed by atoms with Crippen molar-refractivity contribution in [2.45, 2.75) is 13.5 Å². The molecule has 0 atom stereocenters. The predicted molar refractivity (Wildman–Crippen MR) is 67.4 cm³/mol. The molecule has 1 aromatic rings. The SMILES string of the molecule is C=C(Br)COc1ccc(CNCC)cc1. The van der Waals surface area contributed by atoms with E-state index in [1.165, 1.54) is 5.56 Å². The maximum Gasteiger partial charge on any atom is 0.119 e. The van der Waals surface area contributed by atoms with E-state index in [-0.39, 0.29) is 0 Å². The van der Waals surface area contributed by atoms with Crippen molar-refractivity contribution in [1.82, 2.24) is 5.32 Å². The van der Waals surface area contributed by atoms with Crippen molar-refractivity contribution in [3.8, 4) is 5.75 Å². The number of nitrogens with one attached hydrogen (secondary N) is 1. The van der Waals surface area contributed by atoms with Crippen LogP contribution in [0.3, 0.4) is 0 Å². The van der Waals surface area contributed by atoms with Gasteiger partial charge in [0.25, 0.3) is 0 Å². The summed E-state index contributed by atoms with van der Waals surface area (Å²) in [7, 11) is 0. The molecule has 0 fully saturated rings. The molecule has 0 bridgehead atoms. The molecule has 82 valence electrons. The van der Waals surface area contributed by atoms with Gasteiger partial charge in [0.2, 0.25) is 0 Å². The van der Waals surface area contributed by atoms with E-state index < -0.39 is 0 Å². The Kier molecular flexibility index (Phi) is 5.43. The first-order valence-electron chi connectivity index (χ1n) is 4.98. The van der Waals surface area contributed by atoms with Gasteiger partial charge >= 0.3 is 0 Å². The summed E-state index contributed by atoms with van der Waals surface area (Å²) >= 11 is 3.25. The molecule has 0 aliphatic heterocycles. The third-order valence-corrected chi connectivity index (χ3v) is 2.13. The lowest BCUT2D eigenvalue weighted by Crippen LogP contribution is -2.11. The van der Waals surface area contributed by atoms with Gasteiger partial charge in [0, 0.05) is 11.0 Å². The fourth-order valence-electron chi connectivity index (χ4n) is 1.13. The molecule has 1 aromatic carbocycles. The Hall–Kier alpha value is -0.800. The highest BCUT2D eigenvalue weighted by Crippen LogP contribution is 2.13. The van der Waals surface area contributed by atoms with E-state index in [4.69, 9.17) is 4.74 Å². The van der Waals surface area contributed by atoms with Gasteiger partial charge in [-0.3, -0.25) is 0 Å². The number of halogens is 1. The van der Waals surface area contributed by atoms with Crippen LogP contribution in [0.4, 0.5) is 0 Å². The summed E-state index contributed by atoms with van der Waals surface area (Å²) in [5, 5.41) is 3.27. The van der Waals surface area contributed by atoms with Crippen molar-refractivity contribution in [1.29, 1.82) is 0 Å². The molecule has 0 amide bonds. The van der Waals surface area contributed by atoms with Crippen LogP contribution < -0.4 is 10.1 Å². The number of ether oxygens (including phenoxy) is 1. The van der Waals surface area contributed by atoms with Crippen LogP contribution >= 0.6 is 15.9 Å². The van der Waals surface area contributed by atoms with Crippen LogP contribution in [0, 0.1) is 0 Å². The number of hydrogen-bond donors (Lipinski definition) is 1. The van der Waals surface area contributed by atoms with Gasteiger partial charge in [0.15, 0.2) is 0 Å². The van der Waals surface area contributed by atoms with E-state index >= 15 is 0 Å². The van der Waals surface area contributed by atoms with Crippen LogP contribution in [0.2, 0.25) is 0 Å². The van der Waals surface area contributed by atoms with Crippen molar-refractivity contribution in [2.24, 2.45) is 0 Å². The van der Waals surface area contributed by atoms with E-state index in [1.54, 1.807) is 0 Å². The van der Waals surface area contributed by atoms with Crippen LogP contribution in [0.1, 0.15) is 12.5 Å². The molecule has 0 saturated heterocycles. The standard InChI is InChI=1S/C12H16BrNO/c1-3-14-8-11-4-6-12(7-5-11)15-9-10(2)13/h4-7,14H,2-3,8-9H2,1H3. The maximum atomic E-state index is 5.46. The molecule has 0 aliphatic carbocycles. The van der Waals surface area contributed by atoms with Gasteiger partial charge in [-0.25, -0.2) is 0 Å². The number of benzene rings is 1. The van der Waals surface area contributed by atoms with Crippen LogP contribution in [0.5, 0.6) is 5.75 Å². The zero-order valence-electron chi connectivity index (χ0n) is 8.92. The number of hydrogen-bond acceptors (Lipinski definition) is 2. The second-order valence-corrected chi connectivity index (χ2v) is 4.35. The van der Waals surface area contributed by atoms with Gasteiger partial charge in [-0.1, -0.05) is 41.6 Å². The lowest BCUT2D eigenvalue weighted by Gasteiger charge is -2.06. The smallest absolute Gasteiger partial charge is 0.119 e. The van der Waals surface area contributed by atoms with Gasteiger partial charge in [-0.2, -0.15) is 0 Å². The maximum absolute atomic E-state index is 5.46. The van der Waals surface area contributed by atoms with Gasteiger partial charge in [0.1, 0.15) is 12.4 Å².